The van der Waals surface area contributed by atoms with Crippen molar-refractivity contribution in [3.63, 3.8) is 0 Å². The average Bonchev–Trinajstić information content (AvgIpc) is 2.93. The summed E-state index contributed by atoms with van der Waals surface area (Å²) >= 11 is 5.83. The second-order valence-electron chi connectivity index (χ2n) is 4.29. The lowest BCUT2D eigenvalue weighted by molar-refractivity contribution is 0.102. The van der Waals surface area contributed by atoms with Gasteiger partial charge in [0.25, 0.3) is 5.91 Å². The van der Waals surface area contributed by atoms with E-state index in [0.29, 0.717) is 5.56 Å². The zero-order valence-electron chi connectivity index (χ0n) is 11.1. The van der Waals surface area contributed by atoms with Gasteiger partial charge in [0.15, 0.2) is 0 Å². The second kappa shape index (κ2) is 5.41. The Balaban J connectivity index is 1.86. The van der Waals surface area contributed by atoms with Crippen LogP contribution in [0.4, 0.5) is 5.95 Å². The average molecular weight is 303 g/mol. The Morgan fingerprint density at radius 3 is 2.95 bits per heavy atom. The third kappa shape index (κ3) is 2.80. The molecule has 21 heavy (non-hydrogen) atoms. The van der Waals surface area contributed by atoms with Crippen molar-refractivity contribution < 1.29 is 9.53 Å². The molecule has 0 bridgehead atoms. The summed E-state index contributed by atoms with van der Waals surface area (Å²) in [6.45, 7) is 0. The molecule has 0 fully saturated rings. The topological polar surface area (TPSA) is 79.9 Å². The van der Waals surface area contributed by atoms with Crippen LogP contribution in [0.2, 0.25) is 5.15 Å². The Bertz CT molecular complexity index is 816. The summed E-state index contributed by atoms with van der Waals surface area (Å²) in [7, 11) is 1.46. The maximum absolute atomic E-state index is 12.2. The van der Waals surface area contributed by atoms with Crippen molar-refractivity contribution in [3.05, 3.63) is 47.2 Å². The molecule has 0 atom stereocenters. The number of aromatic nitrogens is 3. The molecule has 6 nitrogen and oxygen atoms in total. The minimum Gasteiger partial charge on any atom is -0.481 e. The van der Waals surface area contributed by atoms with E-state index in [0.717, 1.165) is 10.9 Å². The molecule has 0 spiro atoms. The van der Waals surface area contributed by atoms with Gasteiger partial charge in [-0.1, -0.05) is 17.7 Å². The Labute approximate surface area is 125 Å². The number of H-pyrrole nitrogens is 1. The van der Waals surface area contributed by atoms with Gasteiger partial charge in [-0.05, 0) is 23.6 Å². The number of rotatable bonds is 3. The van der Waals surface area contributed by atoms with Crippen LogP contribution < -0.4 is 10.1 Å². The van der Waals surface area contributed by atoms with Crippen LogP contribution in [0.3, 0.4) is 0 Å². The van der Waals surface area contributed by atoms with E-state index in [4.69, 9.17) is 16.3 Å². The van der Waals surface area contributed by atoms with E-state index in [1.54, 1.807) is 12.1 Å². The zero-order chi connectivity index (χ0) is 14.8. The van der Waals surface area contributed by atoms with Crippen molar-refractivity contribution in [1.29, 1.82) is 0 Å². The molecule has 3 rings (SSSR count). The quantitative estimate of drug-likeness (QED) is 0.729. The standard InChI is InChI=1S/C14H11ClN4O2/c1-21-12-7-11(15)17-14(18-12)19-13(20)9-3-2-8-4-5-16-10(8)6-9/h2-7,16H,1H3,(H,17,18,19,20). The molecule has 3 aromatic rings. The number of benzene rings is 1. The highest BCUT2D eigenvalue weighted by atomic mass is 35.5. The number of hydrogen-bond acceptors (Lipinski definition) is 4. The van der Waals surface area contributed by atoms with Crippen LogP contribution in [0, 0.1) is 0 Å². The molecule has 0 unspecified atom stereocenters. The van der Waals surface area contributed by atoms with Gasteiger partial charge >= 0.3 is 0 Å². The second-order valence-corrected chi connectivity index (χ2v) is 4.68. The predicted octanol–water partition coefficient (Wildman–Crippen LogP) is 2.87. The van der Waals surface area contributed by atoms with E-state index in [-0.39, 0.29) is 22.9 Å². The highest BCUT2D eigenvalue weighted by Crippen LogP contribution is 2.18. The van der Waals surface area contributed by atoms with Crippen molar-refractivity contribution in [1.82, 2.24) is 15.0 Å². The molecule has 2 aromatic heterocycles. The minimum atomic E-state index is -0.323. The molecule has 0 aliphatic carbocycles. The Morgan fingerprint density at radius 2 is 2.14 bits per heavy atom. The van der Waals surface area contributed by atoms with Gasteiger partial charge in [0.1, 0.15) is 5.15 Å². The summed E-state index contributed by atoms with van der Waals surface area (Å²) in [5, 5.41) is 3.82. The van der Waals surface area contributed by atoms with Crippen molar-refractivity contribution in [2.45, 2.75) is 0 Å². The SMILES string of the molecule is COc1cc(Cl)nc(NC(=O)c2ccc3cc[nH]c3c2)n1. The zero-order valence-corrected chi connectivity index (χ0v) is 11.8. The molecule has 0 saturated carbocycles. The minimum absolute atomic E-state index is 0.0935. The number of amides is 1. The maximum Gasteiger partial charge on any atom is 0.258 e. The van der Waals surface area contributed by atoms with Crippen LogP contribution in [0.5, 0.6) is 5.88 Å². The smallest absolute Gasteiger partial charge is 0.258 e. The number of nitrogens with zero attached hydrogens (tertiary/aromatic N) is 2. The number of hydrogen-bond donors (Lipinski definition) is 2. The molecule has 2 N–H and O–H groups in total. The van der Waals surface area contributed by atoms with Crippen LogP contribution in [0.15, 0.2) is 36.5 Å². The Hall–Kier alpha value is -2.60. The first-order chi connectivity index (χ1) is 10.2. The van der Waals surface area contributed by atoms with Crippen LogP contribution >= 0.6 is 11.6 Å². The molecule has 1 aromatic carbocycles. The van der Waals surface area contributed by atoms with Gasteiger partial charge in [-0.2, -0.15) is 4.98 Å². The summed E-state index contributed by atoms with van der Waals surface area (Å²) < 4.78 is 4.98. The lowest BCUT2D eigenvalue weighted by atomic mass is 10.1. The fraction of sp³-hybridized carbons (Fsp3) is 0.0714. The van der Waals surface area contributed by atoms with Crippen molar-refractivity contribution in [2.75, 3.05) is 12.4 Å². The summed E-state index contributed by atoms with van der Waals surface area (Å²) in [6.07, 6.45) is 1.82. The fourth-order valence-electron chi connectivity index (χ4n) is 1.92. The third-order valence-corrected chi connectivity index (χ3v) is 3.12. The predicted molar refractivity (Wildman–Crippen MR) is 79.8 cm³/mol. The summed E-state index contributed by atoms with van der Waals surface area (Å²) in [5.41, 5.74) is 1.37. The first kappa shape index (κ1) is 13.4. The van der Waals surface area contributed by atoms with Crippen molar-refractivity contribution in [3.8, 4) is 5.88 Å². The molecule has 0 saturated heterocycles. The van der Waals surface area contributed by atoms with Crippen molar-refractivity contribution in [2.24, 2.45) is 0 Å². The number of fused-ring (bicyclic) bond motifs is 1. The molecule has 0 aliphatic heterocycles. The van der Waals surface area contributed by atoms with Gasteiger partial charge < -0.3 is 9.72 Å². The maximum atomic E-state index is 12.2. The monoisotopic (exact) mass is 302 g/mol. The number of methoxy groups -OCH3 is 1. The van der Waals surface area contributed by atoms with Gasteiger partial charge in [-0.25, -0.2) is 4.98 Å². The van der Waals surface area contributed by atoms with Gasteiger partial charge in [0, 0.05) is 23.3 Å². The van der Waals surface area contributed by atoms with Gasteiger partial charge in [-0.15, -0.1) is 0 Å². The molecule has 2 heterocycles. The number of carbonyl (C=O) groups excluding carboxylic acids is 1. The molecule has 7 heteroatoms. The largest absolute Gasteiger partial charge is 0.481 e. The van der Waals surface area contributed by atoms with Gasteiger partial charge in [-0.3, -0.25) is 10.1 Å². The lowest BCUT2D eigenvalue weighted by Crippen LogP contribution is -2.14. The van der Waals surface area contributed by atoms with E-state index in [1.807, 2.05) is 18.3 Å². The fourth-order valence-corrected chi connectivity index (χ4v) is 2.09. The highest BCUT2D eigenvalue weighted by molar-refractivity contribution is 6.29. The Morgan fingerprint density at radius 1 is 1.29 bits per heavy atom. The van der Waals surface area contributed by atoms with E-state index in [9.17, 15) is 4.79 Å². The highest BCUT2D eigenvalue weighted by Gasteiger charge is 2.11. The third-order valence-electron chi connectivity index (χ3n) is 2.92. The molecule has 0 radical (unpaired) electrons. The number of nitrogens with one attached hydrogen (secondary N) is 2. The molecular weight excluding hydrogens is 292 g/mol. The van der Waals surface area contributed by atoms with Crippen LogP contribution in [0.25, 0.3) is 10.9 Å². The van der Waals surface area contributed by atoms with Gasteiger partial charge in [0.2, 0.25) is 11.8 Å². The van der Waals surface area contributed by atoms with E-state index in [2.05, 4.69) is 20.3 Å². The first-order valence-electron chi connectivity index (χ1n) is 6.13. The van der Waals surface area contributed by atoms with Crippen LogP contribution in [0.1, 0.15) is 10.4 Å². The number of anilines is 1. The van der Waals surface area contributed by atoms with Gasteiger partial charge in [0.05, 0.1) is 7.11 Å². The van der Waals surface area contributed by atoms with E-state index in [1.165, 1.54) is 13.2 Å². The normalized spacial score (nSPS) is 10.6. The molecule has 106 valence electrons. The first-order valence-corrected chi connectivity index (χ1v) is 6.50. The summed E-state index contributed by atoms with van der Waals surface area (Å²) in [6, 6.07) is 8.74. The van der Waals surface area contributed by atoms with E-state index >= 15 is 0 Å². The van der Waals surface area contributed by atoms with Crippen molar-refractivity contribution >= 4 is 34.4 Å². The lowest BCUT2D eigenvalue weighted by Gasteiger charge is -2.06. The summed E-state index contributed by atoms with van der Waals surface area (Å²) in [4.78, 5) is 23.2. The summed E-state index contributed by atoms with van der Waals surface area (Å²) in [5.74, 6) is 0.0527. The number of carbonyl (C=O) groups is 1. The molecule has 0 aliphatic rings. The Kier molecular flexibility index (Phi) is 3.45. The van der Waals surface area contributed by atoms with Crippen LogP contribution in [-0.2, 0) is 0 Å². The number of ether oxygens (including phenoxy) is 1. The molecule has 1 amide bonds. The van der Waals surface area contributed by atoms with Crippen LogP contribution in [-0.4, -0.2) is 28.0 Å². The number of aromatic amines is 1. The van der Waals surface area contributed by atoms with E-state index < -0.39 is 0 Å². The number of halogens is 1. The molecular formula is C14H11ClN4O2.